The second-order valence-corrected chi connectivity index (χ2v) is 5.73. The van der Waals surface area contributed by atoms with Crippen molar-refractivity contribution in [2.75, 3.05) is 11.9 Å². The molecule has 0 aromatic heterocycles. The summed E-state index contributed by atoms with van der Waals surface area (Å²) in [5.74, 6) is -2.09. The lowest BCUT2D eigenvalue weighted by atomic mass is 10.3. The van der Waals surface area contributed by atoms with Crippen LogP contribution in [0.1, 0.15) is 6.92 Å². The van der Waals surface area contributed by atoms with E-state index in [1.165, 1.54) is 25.1 Å². The number of hydrogen-bond acceptors (Lipinski definition) is 4. The molecule has 5 nitrogen and oxygen atoms in total. The lowest BCUT2D eigenvalue weighted by Gasteiger charge is -2.15. The Balaban J connectivity index is 1.87. The van der Waals surface area contributed by atoms with Crippen LogP contribution in [0.4, 0.5) is 10.1 Å². The maximum Gasteiger partial charge on any atom is 0.344 e. The molecule has 0 aliphatic carbocycles. The van der Waals surface area contributed by atoms with Crippen molar-refractivity contribution in [2.45, 2.75) is 13.0 Å². The quantitative estimate of drug-likeness (QED) is 0.760. The number of para-hydroxylation sites is 1. The van der Waals surface area contributed by atoms with E-state index in [2.05, 4.69) is 5.32 Å². The van der Waals surface area contributed by atoms with Crippen molar-refractivity contribution in [1.82, 2.24) is 0 Å². The predicted molar refractivity (Wildman–Crippen MR) is 92.5 cm³/mol. The molecule has 1 amide bonds. The van der Waals surface area contributed by atoms with Crippen molar-refractivity contribution in [3.05, 3.63) is 58.3 Å². The maximum atomic E-state index is 13.4. The molecule has 2 aromatic rings. The molecule has 2 rings (SSSR count). The van der Waals surface area contributed by atoms with Crippen molar-refractivity contribution in [3.63, 3.8) is 0 Å². The number of rotatable bonds is 6. The largest absolute Gasteiger partial charge is 0.479 e. The number of halogens is 3. The van der Waals surface area contributed by atoms with E-state index in [4.69, 9.17) is 32.7 Å². The minimum Gasteiger partial charge on any atom is -0.479 e. The van der Waals surface area contributed by atoms with Crippen LogP contribution in [-0.4, -0.2) is 24.6 Å². The summed E-state index contributed by atoms with van der Waals surface area (Å²) in [7, 11) is 0. The highest BCUT2D eigenvalue weighted by molar-refractivity contribution is 6.44. The molecule has 0 bridgehead atoms. The van der Waals surface area contributed by atoms with Crippen LogP contribution in [0.15, 0.2) is 42.5 Å². The minimum absolute atomic E-state index is 0.0812. The third kappa shape index (κ3) is 5.34. The van der Waals surface area contributed by atoms with Gasteiger partial charge in [0.05, 0.1) is 15.7 Å². The first kappa shape index (κ1) is 19.0. The smallest absolute Gasteiger partial charge is 0.344 e. The van der Waals surface area contributed by atoms with E-state index in [-0.39, 0.29) is 15.8 Å². The van der Waals surface area contributed by atoms with Gasteiger partial charge >= 0.3 is 5.97 Å². The topological polar surface area (TPSA) is 64.6 Å². The fourth-order valence-corrected chi connectivity index (χ4v) is 2.17. The second kappa shape index (κ2) is 8.69. The molecule has 8 heteroatoms. The zero-order valence-electron chi connectivity index (χ0n) is 13.1. The van der Waals surface area contributed by atoms with Crippen molar-refractivity contribution in [3.8, 4) is 5.75 Å². The highest BCUT2D eigenvalue weighted by atomic mass is 35.5. The van der Waals surface area contributed by atoms with Crippen molar-refractivity contribution in [2.24, 2.45) is 0 Å². The lowest BCUT2D eigenvalue weighted by Crippen LogP contribution is -2.31. The molecule has 0 heterocycles. The Morgan fingerprint density at radius 1 is 1.16 bits per heavy atom. The van der Waals surface area contributed by atoms with E-state index in [1.807, 2.05) is 0 Å². The number of hydrogen-bond donors (Lipinski definition) is 1. The molecule has 0 aliphatic rings. The molecule has 0 saturated heterocycles. The number of carbonyl (C=O) groups excluding carboxylic acids is 2. The highest BCUT2D eigenvalue weighted by Crippen LogP contribution is 2.29. The van der Waals surface area contributed by atoms with Crippen molar-refractivity contribution < 1.29 is 23.5 Å². The van der Waals surface area contributed by atoms with Gasteiger partial charge in [-0.25, -0.2) is 9.18 Å². The van der Waals surface area contributed by atoms with Crippen LogP contribution < -0.4 is 10.1 Å². The van der Waals surface area contributed by atoms with Gasteiger partial charge in [0.2, 0.25) is 0 Å². The number of amides is 1. The zero-order chi connectivity index (χ0) is 18.4. The lowest BCUT2D eigenvalue weighted by molar-refractivity contribution is -0.155. The molecule has 2 aromatic carbocycles. The summed E-state index contributed by atoms with van der Waals surface area (Å²) in [5.41, 5.74) is 0.296. The van der Waals surface area contributed by atoms with Crippen molar-refractivity contribution >= 4 is 40.8 Å². The first-order valence-corrected chi connectivity index (χ1v) is 7.95. The van der Waals surface area contributed by atoms with Crippen LogP contribution >= 0.6 is 23.2 Å². The number of anilines is 1. The van der Waals surface area contributed by atoms with Crippen LogP contribution in [0.5, 0.6) is 5.75 Å². The average Bonchev–Trinajstić information content (AvgIpc) is 2.58. The number of ether oxygens (including phenoxy) is 2. The Morgan fingerprint density at radius 2 is 1.88 bits per heavy atom. The first-order valence-electron chi connectivity index (χ1n) is 7.20. The van der Waals surface area contributed by atoms with Crippen LogP contribution in [0, 0.1) is 5.82 Å². The van der Waals surface area contributed by atoms with Gasteiger partial charge in [0.1, 0.15) is 0 Å². The fraction of sp³-hybridized carbons (Fsp3) is 0.176. The fourth-order valence-electron chi connectivity index (χ4n) is 1.82. The minimum atomic E-state index is -1.10. The van der Waals surface area contributed by atoms with E-state index in [1.54, 1.807) is 24.3 Å². The first-order chi connectivity index (χ1) is 11.9. The van der Waals surface area contributed by atoms with Gasteiger partial charge < -0.3 is 14.8 Å². The molecule has 132 valence electrons. The van der Waals surface area contributed by atoms with E-state index in [0.717, 1.165) is 0 Å². The number of benzene rings is 2. The molecular weight excluding hydrogens is 372 g/mol. The third-order valence-corrected chi connectivity index (χ3v) is 3.89. The molecule has 0 fully saturated rings. The van der Waals surface area contributed by atoms with Crippen molar-refractivity contribution in [1.29, 1.82) is 0 Å². The summed E-state index contributed by atoms with van der Waals surface area (Å²) in [5, 5.41) is 2.97. The van der Waals surface area contributed by atoms with Gasteiger partial charge in [-0.2, -0.15) is 0 Å². The standard InChI is InChI=1S/C17H14Cl2FNO4/c1-10(17(23)21-13-7-4-5-11(18)16(13)19)25-15(22)9-24-14-8-3-2-6-12(14)20/h2-8,10H,9H2,1H3,(H,21,23). The second-order valence-electron chi connectivity index (χ2n) is 4.94. The molecule has 1 atom stereocenters. The summed E-state index contributed by atoms with van der Waals surface area (Å²) >= 11 is 11.8. The van der Waals surface area contributed by atoms with Crippen LogP contribution in [0.2, 0.25) is 10.0 Å². The molecule has 1 N–H and O–H groups in total. The Labute approximate surface area is 153 Å². The van der Waals surface area contributed by atoms with Crippen LogP contribution in [0.3, 0.4) is 0 Å². The van der Waals surface area contributed by atoms with Gasteiger partial charge in [-0.3, -0.25) is 4.79 Å². The average molecular weight is 386 g/mol. The maximum absolute atomic E-state index is 13.4. The van der Waals surface area contributed by atoms with Gasteiger partial charge in [0.25, 0.3) is 5.91 Å². The Kier molecular flexibility index (Phi) is 6.61. The van der Waals surface area contributed by atoms with Gasteiger partial charge in [-0.1, -0.05) is 41.4 Å². The molecule has 0 aliphatic heterocycles. The number of nitrogens with one attached hydrogen (secondary N) is 1. The summed E-state index contributed by atoms with van der Waals surface area (Å²) in [6.07, 6.45) is -1.10. The zero-order valence-corrected chi connectivity index (χ0v) is 14.6. The van der Waals surface area contributed by atoms with Crippen LogP contribution in [-0.2, 0) is 14.3 Å². The molecule has 0 spiro atoms. The molecule has 25 heavy (non-hydrogen) atoms. The number of esters is 1. The summed E-state index contributed by atoms with van der Waals surface area (Å²) in [6, 6.07) is 10.4. The number of carbonyl (C=O) groups is 2. The third-order valence-electron chi connectivity index (χ3n) is 3.07. The Hall–Kier alpha value is -2.31. The normalized spacial score (nSPS) is 11.5. The van der Waals surface area contributed by atoms with E-state index in [0.29, 0.717) is 5.69 Å². The molecule has 1 unspecified atom stereocenters. The molecule has 0 saturated carbocycles. The SMILES string of the molecule is CC(OC(=O)COc1ccccc1F)C(=O)Nc1cccc(Cl)c1Cl. The Morgan fingerprint density at radius 3 is 2.60 bits per heavy atom. The monoisotopic (exact) mass is 385 g/mol. The van der Waals surface area contributed by atoms with Crippen LogP contribution in [0.25, 0.3) is 0 Å². The van der Waals surface area contributed by atoms with Gasteiger partial charge in [0.15, 0.2) is 24.3 Å². The van der Waals surface area contributed by atoms with E-state index < -0.39 is 30.4 Å². The highest BCUT2D eigenvalue weighted by Gasteiger charge is 2.20. The molecular formula is C17H14Cl2FNO4. The van der Waals surface area contributed by atoms with E-state index >= 15 is 0 Å². The predicted octanol–water partition coefficient (Wildman–Crippen LogP) is 4.08. The Bertz CT molecular complexity index is 785. The molecule has 0 radical (unpaired) electrons. The van der Waals surface area contributed by atoms with E-state index in [9.17, 15) is 14.0 Å². The summed E-state index contributed by atoms with van der Waals surface area (Å²) in [6.45, 7) is 0.852. The summed E-state index contributed by atoms with van der Waals surface area (Å²) < 4.78 is 23.3. The van der Waals surface area contributed by atoms with Gasteiger partial charge in [-0.15, -0.1) is 0 Å². The van der Waals surface area contributed by atoms with Gasteiger partial charge in [0, 0.05) is 0 Å². The summed E-state index contributed by atoms with van der Waals surface area (Å²) in [4.78, 5) is 23.8. The van der Waals surface area contributed by atoms with Gasteiger partial charge in [-0.05, 0) is 31.2 Å².